The van der Waals surface area contributed by atoms with Crippen molar-refractivity contribution in [2.45, 2.75) is 0 Å². The van der Waals surface area contributed by atoms with Crippen molar-refractivity contribution in [1.82, 2.24) is 9.78 Å². The molecule has 1 heterocycles. The van der Waals surface area contributed by atoms with E-state index in [0.717, 1.165) is 11.3 Å². The van der Waals surface area contributed by atoms with Crippen molar-refractivity contribution < 1.29 is 9.90 Å². The zero-order valence-corrected chi connectivity index (χ0v) is 11.6. The smallest absolute Gasteiger partial charge is 0.335 e. The average molecular weight is 288 g/mol. The summed E-state index contributed by atoms with van der Waals surface area (Å²) in [5.41, 5.74) is 2.44. The normalized spacial score (nSPS) is 9.82. The fourth-order valence-corrected chi connectivity index (χ4v) is 2.04. The zero-order valence-electron chi connectivity index (χ0n) is 11.6. The maximum Gasteiger partial charge on any atom is 0.335 e. The number of carboxylic acids is 1. The molecule has 0 aliphatic heterocycles. The second-order valence-corrected chi connectivity index (χ2v) is 4.60. The molecule has 3 rings (SSSR count). The molecule has 0 atom stereocenters. The zero-order chi connectivity index (χ0) is 15.4. The predicted octanol–water partition coefficient (Wildman–Crippen LogP) is 2.97. The minimum Gasteiger partial charge on any atom is -0.478 e. The third-order valence-corrected chi connectivity index (χ3v) is 3.11. The maximum atomic E-state index is 11.2. The third-order valence-electron chi connectivity index (χ3n) is 3.11. The molecule has 0 saturated carbocycles. The van der Waals surface area contributed by atoms with Crippen molar-refractivity contribution in [3.05, 3.63) is 83.7 Å². The molecule has 1 N–H and O–H groups in total. The summed E-state index contributed by atoms with van der Waals surface area (Å²) in [6.45, 7) is 0. The Balaban J connectivity index is 2.09. The summed E-state index contributed by atoms with van der Waals surface area (Å²) in [6, 6.07) is 16.2. The first-order chi connectivity index (χ1) is 10.7. The first kappa shape index (κ1) is 13.7. The van der Waals surface area contributed by atoms with Gasteiger partial charge in [-0.15, -0.1) is 0 Å². The summed E-state index contributed by atoms with van der Waals surface area (Å²) >= 11 is 0. The van der Waals surface area contributed by atoms with E-state index in [1.54, 1.807) is 41.3 Å². The fraction of sp³-hybridized carbons (Fsp3) is 0. The first-order valence-corrected chi connectivity index (χ1v) is 6.68. The van der Waals surface area contributed by atoms with E-state index in [9.17, 15) is 4.79 Å². The van der Waals surface area contributed by atoms with Crippen molar-refractivity contribution in [3.63, 3.8) is 0 Å². The van der Waals surface area contributed by atoms with Crippen LogP contribution in [0.1, 0.15) is 21.5 Å². The van der Waals surface area contributed by atoms with E-state index in [1.165, 1.54) is 0 Å². The van der Waals surface area contributed by atoms with Crippen LogP contribution in [0.4, 0.5) is 0 Å². The highest BCUT2D eigenvalue weighted by Crippen LogP contribution is 2.15. The highest BCUT2D eigenvalue weighted by Gasteiger charge is 2.08. The molecule has 3 aromatic rings. The Kier molecular flexibility index (Phi) is 3.71. The van der Waals surface area contributed by atoms with E-state index < -0.39 is 5.97 Å². The van der Waals surface area contributed by atoms with E-state index in [1.807, 2.05) is 30.3 Å². The topological polar surface area (TPSA) is 55.1 Å². The molecule has 0 radical (unpaired) electrons. The van der Waals surface area contributed by atoms with Crippen LogP contribution in [0.3, 0.4) is 0 Å². The van der Waals surface area contributed by atoms with Crippen molar-refractivity contribution in [2.24, 2.45) is 0 Å². The van der Waals surface area contributed by atoms with Gasteiger partial charge in [0.1, 0.15) is 0 Å². The Morgan fingerprint density at radius 3 is 2.55 bits per heavy atom. The lowest BCUT2D eigenvalue weighted by Crippen LogP contribution is -2.02. The second kappa shape index (κ2) is 5.98. The quantitative estimate of drug-likeness (QED) is 0.738. The van der Waals surface area contributed by atoms with Gasteiger partial charge in [0.2, 0.25) is 0 Å². The second-order valence-electron chi connectivity index (χ2n) is 4.60. The molecule has 4 heteroatoms. The molecule has 1 aromatic heterocycles. The lowest BCUT2D eigenvalue weighted by Gasteiger charge is -2.06. The lowest BCUT2D eigenvalue weighted by atomic mass is 10.1. The minimum atomic E-state index is -0.977. The molecule has 0 saturated heterocycles. The number of carboxylic acid groups (broad SMARTS) is 1. The standard InChI is InChI=1S/C18H12N2O2/c21-18(22)16-9-10-17(20-12-4-11-19-20)15(13-16)8-7-14-5-2-1-3-6-14/h1-6,9-13H,(H,21,22). The Hall–Kier alpha value is -3.32. The number of rotatable bonds is 2. The molecule has 0 aliphatic carbocycles. The van der Waals surface area contributed by atoms with Crippen LogP contribution in [0.5, 0.6) is 0 Å². The van der Waals surface area contributed by atoms with Crippen LogP contribution >= 0.6 is 0 Å². The average Bonchev–Trinajstić information content (AvgIpc) is 3.08. The lowest BCUT2D eigenvalue weighted by molar-refractivity contribution is 0.0697. The van der Waals surface area contributed by atoms with Crippen molar-refractivity contribution in [2.75, 3.05) is 0 Å². The fourth-order valence-electron chi connectivity index (χ4n) is 2.04. The highest BCUT2D eigenvalue weighted by molar-refractivity contribution is 5.88. The summed E-state index contributed by atoms with van der Waals surface area (Å²) in [5.74, 6) is 5.11. The van der Waals surface area contributed by atoms with E-state index >= 15 is 0 Å². The number of aromatic nitrogens is 2. The number of carbonyl (C=O) groups is 1. The maximum absolute atomic E-state index is 11.2. The third kappa shape index (κ3) is 2.89. The van der Waals surface area contributed by atoms with Crippen molar-refractivity contribution in [3.8, 4) is 17.5 Å². The molecule has 0 unspecified atom stereocenters. The molecule has 0 fully saturated rings. The minimum absolute atomic E-state index is 0.202. The van der Waals surface area contributed by atoms with E-state index in [4.69, 9.17) is 5.11 Å². The van der Waals surface area contributed by atoms with Gasteiger partial charge in [0, 0.05) is 18.0 Å². The summed E-state index contributed by atoms with van der Waals surface area (Å²) in [7, 11) is 0. The summed E-state index contributed by atoms with van der Waals surface area (Å²) in [5, 5.41) is 13.3. The predicted molar refractivity (Wildman–Crippen MR) is 82.9 cm³/mol. The SMILES string of the molecule is O=C(O)c1ccc(-n2cccn2)c(C#Cc2ccccc2)c1. The summed E-state index contributed by atoms with van der Waals surface area (Å²) < 4.78 is 1.67. The highest BCUT2D eigenvalue weighted by atomic mass is 16.4. The van der Waals surface area contributed by atoms with Crippen LogP contribution in [-0.4, -0.2) is 20.9 Å². The van der Waals surface area contributed by atoms with Crippen molar-refractivity contribution >= 4 is 5.97 Å². The number of hydrogen-bond acceptors (Lipinski definition) is 2. The van der Waals surface area contributed by atoms with Crippen LogP contribution in [0, 0.1) is 11.8 Å². The van der Waals surface area contributed by atoms with Gasteiger partial charge in [0.05, 0.1) is 16.8 Å². The number of benzene rings is 2. The van der Waals surface area contributed by atoms with Gasteiger partial charge in [-0.25, -0.2) is 9.48 Å². The molecule has 22 heavy (non-hydrogen) atoms. The molecular formula is C18H12N2O2. The Labute approximate surface area is 127 Å². The van der Waals surface area contributed by atoms with Gasteiger partial charge < -0.3 is 5.11 Å². The Bertz CT molecular complexity index is 857. The van der Waals surface area contributed by atoms with Crippen LogP contribution in [0.25, 0.3) is 5.69 Å². The van der Waals surface area contributed by atoms with Crippen LogP contribution in [0.2, 0.25) is 0 Å². The number of aromatic carboxylic acids is 1. The van der Waals surface area contributed by atoms with Gasteiger partial charge in [-0.1, -0.05) is 30.0 Å². The van der Waals surface area contributed by atoms with Crippen LogP contribution in [-0.2, 0) is 0 Å². The monoisotopic (exact) mass is 288 g/mol. The Morgan fingerprint density at radius 2 is 1.86 bits per heavy atom. The number of hydrogen-bond donors (Lipinski definition) is 1. The van der Waals surface area contributed by atoms with Crippen LogP contribution in [0.15, 0.2) is 67.0 Å². The van der Waals surface area contributed by atoms with Gasteiger partial charge >= 0.3 is 5.97 Å². The van der Waals surface area contributed by atoms with Gasteiger partial charge in [-0.05, 0) is 36.4 Å². The van der Waals surface area contributed by atoms with Crippen molar-refractivity contribution in [1.29, 1.82) is 0 Å². The summed E-state index contributed by atoms with van der Waals surface area (Å²) in [6.07, 6.45) is 3.46. The van der Waals surface area contributed by atoms with Gasteiger partial charge in [-0.2, -0.15) is 5.10 Å². The van der Waals surface area contributed by atoms with Gasteiger partial charge in [0.15, 0.2) is 0 Å². The molecule has 0 amide bonds. The number of nitrogens with zero attached hydrogens (tertiary/aromatic N) is 2. The molecule has 4 nitrogen and oxygen atoms in total. The molecule has 0 bridgehead atoms. The van der Waals surface area contributed by atoms with E-state index in [2.05, 4.69) is 16.9 Å². The molecule has 2 aromatic carbocycles. The molecular weight excluding hydrogens is 276 g/mol. The van der Waals surface area contributed by atoms with E-state index in [-0.39, 0.29) is 5.56 Å². The largest absolute Gasteiger partial charge is 0.478 e. The molecule has 0 aliphatic rings. The molecule has 106 valence electrons. The van der Waals surface area contributed by atoms with E-state index in [0.29, 0.717) is 5.56 Å². The van der Waals surface area contributed by atoms with Crippen LogP contribution < -0.4 is 0 Å². The first-order valence-electron chi connectivity index (χ1n) is 6.68. The summed E-state index contributed by atoms with van der Waals surface area (Å²) in [4.78, 5) is 11.2. The van der Waals surface area contributed by atoms with Gasteiger partial charge in [0.25, 0.3) is 0 Å². The Morgan fingerprint density at radius 1 is 1.05 bits per heavy atom. The molecule has 0 spiro atoms. The van der Waals surface area contributed by atoms with Gasteiger partial charge in [-0.3, -0.25) is 0 Å².